The van der Waals surface area contributed by atoms with Gasteiger partial charge in [-0.25, -0.2) is 0 Å². The number of rotatable bonds is 7. The zero-order valence-electron chi connectivity index (χ0n) is 12.8. The summed E-state index contributed by atoms with van der Waals surface area (Å²) in [4.78, 5) is 12.2. The van der Waals surface area contributed by atoms with Crippen molar-refractivity contribution in [3.05, 3.63) is 53.3 Å². The Labute approximate surface area is 137 Å². The molecule has 0 spiro atoms. The van der Waals surface area contributed by atoms with Gasteiger partial charge in [0.15, 0.2) is 0 Å². The number of carbonyl (C=O) groups excluding carboxylic acids is 1. The molecule has 0 aliphatic carbocycles. The molecule has 0 bridgehead atoms. The first kappa shape index (κ1) is 18.2. The molecule has 0 radical (unpaired) electrons. The third-order valence-electron chi connectivity index (χ3n) is 3.37. The van der Waals surface area contributed by atoms with Crippen molar-refractivity contribution in [3.63, 3.8) is 0 Å². The molecule has 5 nitrogen and oxygen atoms in total. The lowest BCUT2D eigenvalue weighted by atomic mass is 10.1. The van der Waals surface area contributed by atoms with Crippen LogP contribution in [0.4, 0.5) is 0 Å². The highest BCUT2D eigenvalue weighted by atomic mass is 35.5. The molecular formula is C16H23ClN4O. The van der Waals surface area contributed by atoms with E-state index in [1.54, 1.807) is 6.20 Å². The second-order valence-corrected chi connectivity index (χ2v) is 4.90. The van der Waals surface area contributed by atoms with Crippen molar-refractivity contribution in [2.24, 2.45) is 5.73 Å². The van der Waals surface area contributed by atoms with E-state index in [0.29, 0.717) is 25.2 Å². The largest absolute Gasteiger partial charge is 0.352 e. The monoisotopic (exact) mass is 322 g/mol. The molecule has 3 N–H and O–H groups in total. The molecule has 0 saturated heterocycles. The number of benzene rings is 1. The topological polar surface area (TPSA) is 72.9 Å². The van der Waals surface area contributed by atoms with Crippen LogP contribution in [-0.2, 0) is 13.0 Å². The van der Waals surface area contributed by atoms with Crippen molar-refractivity contribution in [1.29, 1.82) is 0 Å². The van der Waals surface area contributed by atoms with E-state index in [1.807, 2.05) is 29.8 Å². The van der Waals surface area contributed by atoms with Gasteiger partial charge in [0.05, 0.1) is 24.0 Å². The predicted molar refractivity (Wildman–Crippen MR) is 90.4 cm³/mol. The van der Waals surface area contributed by atoms with Crippen LogP contribution in [0.1, 0.15) is 35.0 Å². The molecular weight excluding hydrogens is 300 g/mol. The summed E-state index contributed by atoms with van der Waals surface area (Å²) in [5.74, 6) is -0.0698. The first-order valence-electron chi connectivity index (χ1n) is 7.33. The SMILES string of the molecule is CCc1c(C(=O)NCCCN)cnn1Cc1ccccc1.Cl. The molecule has 1 aromatic heterocycles. The van der Waals surface area contributed by atoms with E-state index in [9.17, 15) is 4.79 Å². The summed E-state index contributed by atoms with van der Waals surface area (Å²) in [6, 6.07) is 10.1. The standard InChI is InChI=1S/C16H22N4O.ClH/c1-2-15-14(16(21)18-10-6-9-17)11-19-20(15)12-13-7-4-3-5-8-13;/h3-5,7-8,11H,2,6,9-10,12,17H2,1H3,(H,18,21);1H. The fourth-order valence-corrected chi connectivity index (χ4v) is 2.27. The molecule has 0 atom stereocenters. The van der Waals surface area contributed by atoms with E-state index < -0.39 is 0 Å². The zero-order chi connectivity index (χ0) is 15.1. The van der Waals surface area contributed by atoms with Crippen LogP contribution in [0.5, 0.6) is 0 Å². The van der Waals surface area contributed by atoms with Crippen LogP contribution in [0.25, 0.3) is 0 Å². The quantitative estimate of drug-likeness (QED) is 0.766. The molecule has 2 aromatic rings. The third-order valence-corrected chi connectivity index (χ3v) is 3.37. The molecule has 0 unspecified atom stereocenters. The van der Waals surface area contributed by atoms with Crippen LogP contribution in [0.3, 0.4) is 0 Å². The number of hydrogen-bond donors (Lipinski definition) is 2. The Hall–Kier alpha value is -1.85. The van der Waals surface area contributed by atoms with Crippen molar-refractivity contribution >= 4 is 18.3 Å². The highest BCUT2D eigenvalue weighted by Gasteiger charge is 2.15. The van der Waals surface area contributed by atoms with Gasteiger partial charge in [-0.3, -0.25) is 9.48 Å². The van der Waals surface area contributed by atoms with Crippen LogP contribution in [-0.4, -0.2) is 28.8 Å². The molecule has 0 saturated carbocycles. The lowest BCUT2D eigenvalue weighted by Gasteiger charge is -2.08. The van der Waals surface area contributed by atoms with E-state index in [0.717, 1.165) is 18.5 Å². The van der Waals surface area contributed by atoms with Gasteiger partial charge in [0.1, 0.15) is 0 Å². The summed E-state index contributed by atoms with van der Waals surface area (Å²) in [6.45, 7) is 3.89. The number of amides is 1. The van der Waals surface area contributed by atoms with E-state index in [-0.39, 0.29) is 18.3 Å². The lowest BCUT2D eigenvalue weighted by molar-refractivity contribution is 0.0952. The van der Waals surface area contributed by atoms with E-state index in [2.05, 4.69) is 22.5 Å². The molecule has 1 amide bonds. The average molecular weight is 323 g/mol. The minimum atomic E-state index is -0.0698. The normalized spacial score (nSPS) is 10.1. The molecule has 0 aliphatic rings. The maximum atomic E-state index is 12.2. The summed E-state index contributed by atoms with van der Waals surface area (Å²) in [7, 11) is 0. The zero-order valence-corrected chi connectivity index (χ0v) is 13.6. The minimum Gasteiger partial charge on any atom is -0.352 e. The van der Waals surface area contributed by atoms with Gasteiger partial charge in [0.2, 0.25) is 0 Å². The Morgan fingerprint density at radius 1 is 1.32 bits per heavy atom. The molecule has 2 rings (SSSR count). The van der Waals surface area contributed by atoms with Gasteiger partial charge in [0.25, 0.3) is 5.91 Å². The Morgan fingerprint density at radius 2 is 2.05 bits per heavy atom. The predicted octanol–water partition coefficient (Wildman–Crippen LogP) is 1.99. The van der Waals surface area contributed by atoms with Gasteiger partial charge in [0, 0.05) is 6.54 Å². The fourth-order valence-electron chi connectivity index (χ4n) is 2.27. The summed E-state index contributed by atoms with van der Waals surface area (Å²) in [6.07, 6.45) is 3.21. The second-order valence-electron chi connectivity index (χ2n) is 4.90. The first-order valence-corrected chi connectivity index (χ1v) is 7.33. The van der Waals surface area contributed by atoms with Gasteiger partial charge in [-0.1, -0.05) is 37.3 Å². The molecule has 1 heterocycles. The highest BCUT2D eigenvalue weighted by Crippen LogP contribution is 2.12. The van der Waals surface area contributed by atoms with Crippen molar-refractivity contribution in [2.75, 3.05) is 13.1 Å². The molecule has 0 aliphatic heterocycles. The molecule has 0 fully saturated rings. The molecule has 6 heteroatoms. The van der Waals surface area contributed by atoms with Gasteiger partial charge in [-0.05, 0) is 24.9 Å². The summed E-state index contributed by atoms with van der Waals surface area (Å²) in [5, 5.41) is 7.24. The van der Waals surface area contributed by atoms with Crippen molar-refractivity contribution in [3.8, 4) is 0 Å². The van der Waals surface area contributed by atoms with E-state index in [1.165, 1.54) is 5.56 Å². The molecule has 22 heavy (non-hydrogen) atoms. The van der Waals surface area contributed by atoms with Crippen LogP contribution in [0.15, 0.2) is 36.5 Å². The Kier molecular flexibility index (Phi) is 7.63. The van der Waals surface area contributed by atoms with Crippen molar-refractivity contribution in [2.45, 2.75) is 26.3 Å². The Bertz CT molecular complexity index is 583. The van der Waals surface area contributed by atoms with Crippen LogP contribution < -0.4 is 11.1 Å². The first-order chi connectivity index (χ1) is 10.3. The smallest absolute Gasteiger partial charge is 0.254 e. The number of nitrogens with two attached hydrogens (primary N) is 1. The Balaban J connectivity index is 0.00000242. The van der Waals surface area contributed by atoms with Gasteiger partial charge in [-0.15, -0.1) is 12.4 Å². The fraction of sp³-hybridized carbons (Fsp3) is 0.375. The van der Waals surface area contributed by atoms with E-state index in [4.69, 9.17) is 5.73 Å². The minimum absolute atomic E-state index is 0. The average Bonchev–Trinajstić information content (AvgIpc) is 2.91. The highest BCUT2D eigenvalue weighted by molar-refractivity contribution is 5.95. The number of nitrogens with zero attached hydrogens (tertiary/aromatic N) is 2. The van der Waals surface area contributed by atoms with Gasteiger partial charge in [-0.2, -0.15) is 5.10 Å². The van der Waals surface area contributed by atoms with Crippen molar-refractivity contribution in [1.82, 2.24) is 15.1 Å². The molecule has 120 valence electrons. The number of carbonyl (C=O) groups is 1. The summed E-state index contributed by atoms with van der Waals surface area (Å²) >= 11 is 0. The molecule has 1 aromatic carbocycles. The number of nitrogens with one attached hydrogen (secondary N) is 1. The lowest BCUT2D eigenvalue weighted by Crippen LogP contribution is -2.26. The third kappa shape index (κ3) is 4.58. The number of halogens is 1. The summed E-state index contributed by atoms with van der Waals surface area (Å²) < 4.78 is 1.90. The van der Waals surface area contributed by atoms with Crippen LogP contribution in [0.2, 0.25) is 0 Å². The summed E-state index contributed by atoms with van der Waals surface area (Å²) in [5.41, 5.74) is 8.22. The van der Waals surface area contributed by atoms with E-state index >= 15 is 0 Å². The maximum absolute atomic E-state index is 12.2. The number of aromatic nitrogens is 2. The van der Waals surface area contributed by atoms with Crippen LogP contribution >= 0.6 is 12.4 Å². The van der Waals surface area contributed by atoms with Gasteiger partial charge < -0.3 is 11.1 Å². The van der Waals surface area contributed by atoms with Crippen molar-refractivity contribution < 1.29 is 4.79 Å². The van der Waals surface area contributed by atoms with Crippen LogP contribution in [0, 0.1) is 0 Å². The Morgan fingerprint density at radius 3 is 2.68 bits per heavy atom. The number of hydrogen-bond acceptors (Lipinski definition) is 3. The van der Waals surface area contributed by atoms with Gasteiger partial charge >= 0.3 is 0 Å². The second kappa shape index (κ2) is 9.23. The maximum Gasteiger partial charge on any atom is 0.254 e.